The van der Waals surface area contributed by atoms with E-state index in [9.17, 15) is 35.9 Å². The summed E-state index contributed by atoms with van der Waals surface area (Å²) in [4.78, 5) is 40.2. The number of carboxylic acid groups (broad SMARTS) is 1. The van der Waals surface area contributed by atoms with Gasteiger partial charge in [-0.05, 0) is 72.8 Å². The molecule has 0 spiro atoms. The van der Waals surface area contributed by atoms with Crippen LogP contribution >= 0.6 is 0 Å². The molecule has 300 valence electrons. The first kappa shape index (κ1) is 39.2. The number of Topliss-reactive ketones (excluding diaryl/α,β-unsaturated/α-hetero) is 1. The molecular formula is C37H28F6N8O7. The Labute approximate surface area is 320 Å². The minimum atomic E-state index is -4.48. The summed E-state index contributed by atoms with van der Waals surface area (Å²) in [7, 11) is 3.43. The monoisotopic (exact) mass is 810 g/mol. The Balaban J connectivity index is 0.000000178. The second kappa shape index (κ2) is 15.2. The summed E-state index contributed by atoms with van der Waals surface area (Å²) < 4.78 is 96.2. The smallest absolute Gasteiger partial charge is 0.416 e. The number of alkyl halides is 6. The summed E-state index contributed by atoms with van der Waals surface area (Å²) in [6.45, 7) is -0.262. The number of carbonyl (C=O) groups is 2. The van der Waals surface area contributed by atoms with Crippen LogP contribution in [0.5, 0.6) is 0 Å². The molecule has 0 bridgehead atoms. The number of anilines is 4. The van der Waals surface area contributed by atoms with Crippen LogP contribution in [0.25, 0.3) is 44.3 Å². The number of benzene rings is 4. The van der Waals surface area contributed by atoms with E-state index in [4.69, 9.17) is 23.8 Å². The van der Waals surface area contributed by atoms with Gasteiger partial charge in [0.1, 0.15) is 17.6 Å². The van der Waals surface area contributed by atoms with Gasteiger partial charge in [0.15, 0.2) is 16.9 Å². The average Bonchev–Trinajstić information content (AvgIpc) is 3.93. The quantitative estimate of drug-likeness (QED) is 0.0593. The molecule has 0 saturated carbocycles. The molecule has 4 aromatic carbocycles. The lowest BCUT2D eigenvalue weighted by molar-refractivity contribution is -0.138. The molecule has 0 fully saturated rings. The Bertz CT molecular complexity index is 2840. The molecule has 0 aliphatic rings. The highest BCUT2D eigenvalue weighted by molar-refractivity contribution is 6.00. The van der Waals surface area contributed by atoms with Crippen LogP contribution in [0.2, 0.25) is 0 Å². The summed E-state index contributed by atoms with van der Waals surface area (Å²) in [6.07, 6.45) is -8.96. The van der Waals surface area contributed by atoms with Gasteiger partial charge in [0.2, 0.25) is 11.9 Å². The van der Waals surface area contributed by atoms with Crippen molar-refractivity contribution in [1.29, 1.82) is 0 Å². The van der Waals surface area contributed by atoms with Gasteiger partial charge in [-0.1, -0.05) is 0 Å². The molecule has 0 aliphatic carbocycles. The first-order valence-electron chi connectivity index (χ1n) is 16.9. The van der Waals surface area contributed by atoms with Crippen LogP contribution in [0.15, 0.2) is 81.6 Å². The van der Waals surface area contributed by atoms with Crippen LogP contribution < -0.4 is 10.6 Å². The summed E-state index contributed by atoms with van der Waals surface area (Å²) in [6, 6.07) is 15.5. The van der Waals surface area contributed by atoms with E-state index in [0.717, 1.165) is 24.3 Å². The maximum absolute atomic E-state index is 12.9. The van der Waals surface area contributed by atoms with E-state index in [1.54, 1.807) is 47.5 Å². The second-order valence-electron chi connectivity index (χ2n) is 12.5. The Hall–Kier alpha value is -7.00. The molecule has 15 nitrogen and oxygen atoms in total. The lowest BCUT2D eigenvalue weighted by atomic mass is 10.1. The van der Waals surface area contributed by atoms with E-state index in [-0.39, 0.29) is 65.4 Å². The first-order valence-corrected chi connectivity index (χ1v) is 16.9. The number of nitrogens with zero attached hydrogens (tertiary/aromatic N) is 6. The predicted molar refractivity (Wildman–Crippen MR) is 195 cm³/mol. The molecule has 0 atom stereocenters. The standard InChI is InChI=1S/C20H17F3N4O4.C17H11F3N4O3/c1-27-15-5-2-11(16(29)10-30-7-6-28)8-14(15)24-18(27)26-19-25-13-4-3-12(20(21,22)23)9-17(13)31-19;1-24-12-5-2-8(14(25)26)6-11(12)21-15(24)23-16-22-10-4-3-9(17(18,19)20)7-13(10)27-16/h2-5,8-9,28H,6-7,10H2,1H3,(H,24,25,26);2-7H,1H3,(H,25,26)(H,21,22,23). The average molecular weight is 811 g/mol. The summed E-state index contributed by atoms with van der Waals surface area (Å²) in [5, 5.41) is 23.4. The number of aromatic nitrogens is 6. The van der Waals surface area contributed by atoms with Gasteiger partial charge in [0.25, 0.3) is 0 Å². The zero-order chi connectivity index (χ0) is 41.5. The van der Waals surface area contributed by atoms with Gasteiger partial charge in [-0.3, -0.25) is 15.4 Å². The van der Waals surface area contributed by atoms with Crippen molar-refractivity contribution in [2.75, 3.05) is 30.5 Å². The molecule has 0 unspecified atom stereocenters. The fraction of sp³-hybridized carbons (Fsp3) is 0.189. The van der Waals surface area contributed by atoms with Gasteiger partial charge in [-0.25, -0.2) is 14.8 Å². The van der Waals surface area contributed by atoms with Gasteiger partial charge in [-0.2, -0.15) is 36.3 Å². The number of ether oxygens (including phenoxy) is 1. The molecule has 8 aromatic rings. The van der Waals surface area contributed by atoms with Crippen molar-refractivity contribution in [1.82, 2.24) is 29.1 Å². The zero-order valence-electron chi connectivity index (χ0n) is 29.9. The van der Waals surface area contributed by atoms with E-state index in [0.29, 0.717) is 39.5 Å². The summed E-state index contributed by atoms with van der Waals surface area (Å²) in [5.74, 6) is -0.694. The Kier molecular flexibility index (Phi) is 10.3. The third kappa shape index (κ3) is 8.11. The van der Waals surface area contributed by atoms with Crippen LogP contribution in [-0.4, -0.2) is 70.9 Å². The van der Waals surface area contributed by atoms with E-state index in [1.807, 2.05) is 0 Å². The third-order valence-electron chi connectivity index (χ3n) is 8.67. The first-order chi connectivity index (χ1) is 27.5. The molecule has 4 N–H and O–H groups in total. The third-order valence-corrected chi connectivity index (χ3v) is 8.67. The predicted octanol–water partition coefficient (Wildman–Crippen LogP) is 7.84. The fourth-order valence-electron chi connectivity index (χ4n) is 5.74. The van der Waals surface area contributed by atoms with Gasteiger partial charge in [0, 0.05) is 19.7 Å². The van der Waals surface area contributed by atoms with Crippen molar-refractivity contribution >= 4 is 79.9 Å². The molecule has 0 aliphatic heterocycles. The zero-order valence-corrected chi connectivity index (χ0v) is 29.9. The lowest BCUT2D eigenvalue weighted by Crippen LogP contribution is -2.11. The molecule has 4 heterocycles. The number of aliphatic hydroxyl groups excluding tert-OH is 1. The molecule has 0 amide bonds. The highest BCUT2D eigenvalue weighted by Gasteiger charge is 2.32. The number of nitrogens with one attached hydrogen (secondary N) is 2. The van der Waals surface area contributed by atoms with Crippen LogP contribution in [0.1, 0.15) is 31.8 Å². The summed E-state index contributed by atoms with van der Waals surface area (Å²) in [5.41, 5.74) is 1.68. The van der Waals surface area contributed by atoms with Gasteiger partial charge < -0.3 is 32.9 Å². The Morgan fingerprint density at radius 3 is 1.59 bits per heavy atom. The van der Waals surface area contributed by atoms with Crippen LogP contribution in [0.3, 0.4) is 0 Å². The topological polar surface area (TPSA) is 196 Å². The number of hydrogen-bond acceptors (Lipinski definition) is 12. The highest BCUT2D eigenvalue weighted by atomic mass is 19.4. The SMILES string of the molecule is Cn1c(Nc2nc3ccc(C(F)(F)F)cc3o2)nc2cc(C(=O)COCCO)ccc21.Cn1c(Nc2nc3ccc(C(F)(F)F)cc3o2)nc2cc(C(=O)O)ccc21. The number of carboxylic acids is 1. The largest absolute Gasteiger partial charge is 0.478 e. The van der Waals surface area contributed by atoms with E-state index in [2.05, 4.69) is 30.6 Å². The Morgan fingerprint density at radius 2 is 1.14 bits per heavy atom. The number of aliphatic hydroxyl groups is 1. The molecular weight excluding hydrogens is 782 g/mol. The fourth-order valence-corrected chi connectivity index (χ4v) is 5.74. The molecule has 21 heteroatoms. The maximum atomic E-state index is 12.9. The molecule has 0 saturated heterocycles. The highest BCUT2D eigenvalue weighted by Crippen LogP contribution is 2.34. The molecule has 58 heavy (non-hydrogen) atoms. The number of carbonyl (C=O) groups excluding carboxylic acids is 1. The number of aromatic carboxylic acids is 1. The van der Waals surface area contributed by atoms with Crippen LogP contribution in [0.4, 0.5) is 50.3 Å². The van der Waals surface area contributed by atoms with E-state index >= 15 is 0 Å². The molecule has 0 radical (unpaired) electrons. The molecule has 4 aromatic heterocycles. The normalized spacial score (nSPS) is 12.0. The van der Waals surface area contributed by atoms with Crippen molar-refractivity contribution in [2.45, 2.75) is 12.4 Å². The lowest BCUT2D eigenvalue weighted by Gasteiger charge is -2.04. The number of aryl methyl sites for hydroxylation is 2. The minimum Gasteiger partial charge on any atom is -0.478 e. The van der Waals surface area contributed by atoms with E-state index < -0.39 is 29.4 Å². The maximum Gasteiger partial charge on any atom is 0.416 e. The van der Waals surface area contributed by atoms with E-state index in [1.165, 1.54) is 24.3 Å². The Morgan fingerprint density at radius 1 is 0.672 bits per heavy atom. The number of imidazole rings is 2. The van der Waals surface area contributed by atoms with Crippen molar-refractivity contribution in [2.24, 2.45) is 14.1 Å². The van der Waals surface area contributed by atoms with Crippen molar-refractivity contribution in [3.63, 3.8) is 0 Å². The summed E-state index contributed by atoms with van der Waals surface area (Å²) >= 11 is 0. The molecule has 8 rings (SSSR count). The van der Waals surface area contributed by atoms with Crippen molar-refractivity contribution < 1.29 is 59.7 Å². The number of rotatable bonds is 10. The van der Waals surface area contributed by atoms with Crippen LogP contribution in [0, 0.1) is 0 Å². The number of oxazole rings is 2. The number of fused-ring (bicyclic) bond motifs is 4. The second-order valence-corrected chi connectivity index (χ2v) is 12.5. The number of hydrogen-bond donors (Lipinski definition) is 4. The van der Waals surface area contributed by atoms with Gasteiger partial charge in [0.05, 0.1) is 52.0 Å². The minimum absolute atomic E-state index is 0.00755. The van der Waals surface area contributed by atoms with Gasteiger partial charge in [-0.15, -0.1) is 0 Å². The van der Waals surface area contributed by atoms with Crippen LogP contribution in [-0.2, 0) is 31.2 Å². The van der Waals surface area contributed by atoms with Gasteiger partial charge >= 0.3 is 30.4 Å². The number of halogens is 6. The van der Waals surface area contributed by atoms with Crippen molar-refractivity contribution in [3.8, 4) is 0 Å². The van der Waals surface area contributed by atoms with Crippen molar-refractivity contribution in [3.05, 3.63) is 95.1 Å². The number of ketones is 1.